The summed E-state index contributed by atoms with van der Waals surface area (Å²) in [5.41, 5.74) is 6.72. The summed E-state index contributed by atoms with van der Waals surface area (Å²) in [5.74, 6) is -5.39. The second kappa shape index (κ2) is 14.1. The molecular formula is C20H28N4O8S. The Morgan fingerprint density at radius 3 is 1.94 bits per heavy atom. The molecule has 0 radical (unpaired) electrons. The monoisotopic (exact) mass is 484 g/mol. The van der Waals surface area contributed by atoms with Crippen LogP contribution in [0.1, 0.15) is 18.4 Å². The number of aliphatic hydroxyl groups is 1. The van der Waals surface area contributed by atoms with E-state index in [4.69, 9.17) is 21.1 Å². The average Bonchev–Trinajstić information content (AvgIpc) is 2.78. The second-order valence-corrected chi connectivity index (χ2v) is 7.48. The Labute approximate surface area is 195 Å². The van der Waals surface area contributed by atoms with E-state index >= 15 is 0 Å². The zero-order chi connectivity index (χ0) is 25.0. The number of hydrogen-bond donors (Lipinski definition) is 8. The van der Waals surface area contributed by atoms with Gasteiger partial charge in [0, 0.05) is 12.2 Å². The molecule has 3 amide bonds. The van der Waals surface area contributed by atoms with Crippen molar-refractivity contribution in [3.8, 4) is 0 Å². The summed E-state index contributed by atoms with van der Waals surface area (Å²) in [6, 6.07) is 3.74. The lowest BCUT2D eigenvalue weighted by molar-refractivity contribution is -0.144. The number of aliphatic hydroxyl groups excluding tert-OH is 1. The molecule has 0 fully saturated rings. The number of thiol groups is 1. The molecule has 182 valence electrons. The largest absolute Gasteiger partial charge is 0.481 e. The van der Waals surface area contributed by atoms with Gasteiger partial charge in [-0.05, 0) is 18.4 Å². The quantitative estimate of drug-likeness (QED) is 0.136. The van der Waals surface area contributed by atoms with Crippen molar-refractivity contribution in [2.75, 3.05) is 12.4 Å². The highest BCUT2D eigenvalue weighted by Gasteiger charge is 2.30. The Bertz CT molecular complexity index is 839. The number of carbonyl (C=O) groups excluding carboxylic acids is 3. The molecule has 1 rings (SSSR count). The van der Waals surface area contributed by atoms with Gasteiger partial charge in [-0.1, -0.05) is 30.3 Å². The number of aliphatic carboxylic acids is 2. The van der Waals surface area contributed by atoms with E-state index in [1.807, 2.05) is 11.4 Å². The first-order valence-electron chi connectivity index (χ1n) is 9.96. The predicted molar refractivity (Wildman–Crippen MR) is 119 cm³/mol. The molecule has 1 aromatic rings. The van der Waals surface area contributed by atoms with E-state index in [9.17, 15) is 24.0 Å². The summed E-state index contributed by atoms with van der Waals surface area (Å²) in [4.78, 5) is 59.4. The van der Waals surface area contributed by atoms with Gasteiger partial charge in [-0.3, -0.25) is 19.2 Å². The van der Waals surface area contributed by atoms with Gasteiger partial charge in [-0.2, -0.15) is 12.6 Å². The van der Waals surface area contributed by atoms with Gasteiger partial charge in [0.2, 0.25) is 17.7 Å². The molecule has 13 heteroatoms. The van der Waals surface area contributed by atoms with Crippen molar-refractivity contribution in [3.63, 3.8) is 0 Å². The lowest BCUT2D eigenvalue weighted by atomic mass is 10.1. The normalized spacial score (nSPS) is 14.3. The van der Waals surface area contributed by atoms with Crippen molar-refractivity contribution in [1.82, 2.24) is 16.0 Å². The fraction of sp³-hybridized carbons (Fsp3) is 0.450. The highest BCUT2D eigenvalue weighted by atomic mass is 32.1. The molecular weight excluding hydrogens is 456 g/mol. The SMILES string of the molecule is NC(Cc1ccccc1)C(=O)NC(CS)C(=O)NC(CCC(=O)O)C(=O)NC(CO)C(=O)O. The first-order chi connectivity index (χ1) is 15.6. The Hall–Kier alpha value is -3.16. The zero-order valence-electron chi connectivity index (χ0n) is 17.6. The van der Waals surface area contributed by atoms with Crippen molar-refractivity contribution in [2.24, 2.45) is 5.73 Å². The van der Waals surface area contributed by atoms with E-state index in [0.717, 1.165) is 5.56 Å². The number of rotatable bonds is 14. The van der Waals surface area contributed by atoms with E-state index in [-0.39, 0.29) is 18.6 Å². The van der Waals surface area contributed by atoms with Crippen molar-refractivity contribution >= 4 is 42.3 Å². The van der Waals surface area contributed by atoms with Crippen LogP contribution in [0.4, 0.5) is 0 Å². The molecule has 0 heterocycles. The van der Waals surface area contributed by atoms with Crippen LogP contribution < -0.4 is 21.7 Å². The molecule has 0 aromatic heterocycles. The Morgan fingerprint density at radius 2 is 1.42 bits per heavy atom. The highest BCUT2D eigenvalue weighted by Crippen LogP contribution is 2.04. The van der Waals surface area contributed by atoms with E-state index in [1.165, 1.54) is 0 Å². The van der Waals surface area contributed by atoms with Crippen LogP contribution in [-0.4, -0.2) is 81.5 Å². The summed E-state index contributed by atoms with van der Waals surface area (Å²) in [6.45, 7) is -0.907. The fourth-order valence-corrected chi connectivity index (χ4v) is 2.96. The van der Waals surface area contributed by atoms with Gasteiger partial charge in [0.25, 0.3) is 0 Å². The average molecular weight is 485 g/mol. The third kappa shape index (κ3) is 9.89. The van der Waals surface area contributed by atoms with Gasteiger partial charge < -0.3 is 37.0 Å². The van der Waals surface area contributed by atoms with Crippen LogP contribution in [0.25, 0.3) is 0 Å². The molecule has 0 saturated carbocycles. The van der Waals surface area contributed by atoms with Crippen LogP contribution in [0.15, 0.2) is 30.3 Å². The third-order valence-corrected chi connectivity index (χ3v) is 4.89. The van der Waals surface area contributed by atoms with Crippen LogP contribution in [0.3, 0.4) is 0 Å². The Morgan fingerprint density at radius 1 is 0.879 bits per heavy atom. The minimum Gasteiger partial charge on any atom is -0.481 e. The maximum Gasteiger partial charge on any atom is 0.328 e. The lowest BCUT2D eigenvalue weighted by Crippen LogP contribution is -2.58. The van der Waals surface area contributed by atoms with Crippen LogP contribution in [0, 0.1) is 0 Å². The van der Waals surface area contributed by atoms with Crippen LogP contribution in [0.5, 0.6) is 0 Å². The van der Waals surface area contributed by atoms with Gasteiger partial charge in [0.15, 0.2) is 0 Å². The smallest absolute Gasteiger partial charge is 0.328 e. The second-order valence-electron chi connectivity index (χ2n) is 7.12. The van der Waals surface area contributed by atoms with Gasteiger partial charge in [0.05, 0.1) is 12.6 Å². The van der Waals surface area contributed by atoms with Crippen molar-refractivity contribution in [1.29, 1.82) is 0 Å². The highest BCUT2D eigenvalue weighted by molar-refractivity contribution is 7.80. The van der Waals surface area contributed by atoms with Gasteiger partial charge in [-0.25, -0.2) is 4.79 Å². The maximum atomic E-state index is 12.6. The number of benzene rings is 1. The number of amides is 3. The van der Waals surface area contributed by atoms with Crippen molar-refractivity contribution < 1.29 is 39.3 Å². The van der Waals surface area contributed by atoms with E-state index < -0.39 is 66.9 Å². The molecule has 1 aromatic carbocycles. The van der Waals surface area contributed by atoms with Gasteiger partial charge in [0.1, 0.15) is 18.1 Å². The molecule has 4 atom stereocenters. The zero-order valence-corrected chi connectivity index (χ0v) is 18.5. The lowest BCUT2D eigenvalue weighted by Gasteiger charge is -2.24. The standard InChI is InChI=1S/C20H28N4O8S/c21-12(8-11-4-2-1-3-5-11)17(28)24-15(10-33)19(30)22-13(6-7-16(26)27)18(29)23-14(9-25)20(31)32/h1-5,12-15,25,33H,6-10,21H2,(H,22,30)(H,23,29)(H,24,28)(H,26,27)(H,31,32). The number of nitrogens with one attached hydrogen (secondary N) is 3. The summed E-state index contributed by atoms with van der Waals surface area (Å²) < 4.78 is 0. The topological polar surface area (TPSA) is 208 Å². The number of hydrogen-bond acceptors (Lipinski definition) is 8. The Balaban J connectivity index is 2.82. The van der Waals surface area contributed by atoms with Crippen LogP contribution >= 0.6 is 12.6 Å². The molecule has 0 aliphatic carbocycles. The summed E-state index contributed by atoms with van der Waals surface area (Å²) in [5, 5.41) is 33.7. The molecule has 12 nitrogen and oxygen atoms in total. The summed E-state index contributed by atoms with van der Waals surface area (Å²) >= 11 is 4.03. The molecule has 33 heavy (non-hydrogen) atoms. The molecule has 0 spiro atoms. The number of nitrogens with two attached hydrogens (primary N) is 1. The fourth-order valence-electron chi connectivity index (χ4n) is 2.70. The Kier molecular flexibility index (Phi) is 11.9. The predicted octanol–water partition coefficient (Wildman–Crippen LogP) is -2.12. The van der Waals surface area contributed by atoms with E-state index in [2.05, 4.69) is 23.3 Å². The van der Waals surface area contributed by atoms with Crippen LogP contribution in [0.2, 0.25) is 0 Å². The molecule has 4 unspecified atom stereocenters. The van der Waals surface area contributed by atoms with E-state index in [0.29, 0.717) is 0 Å². The van der Waals surface area contributed by atoms with Crippen LogP contribution in [-0.2, 0) is 30.4 Å². The molecule has 0 aliphatic heterocycles. The van der Waals surface area contributed by atoms with Gasteiger partial charge in [-0.15, -0.1) is 0 Å². The number of carboxylic acids is 2. The minimum atomic E-state index is -1.64. The minimum absolute atomic E-state index is 0.155. The van der Waals surface area contributed by atoms with Crippen molar-refractivity contribution in [2.45, 2.75) is 43.4 Å². The summed E-state index contributed by atoms with van der Waals surface area (Å²) in [7, 11) is 0. The number of carboxylic acid groups (broad SMARTS) is 2. The molecule has 0 aliphatic rings. The molecule has 0 bridgehead atoms. The third-order valence-electron chi connectivity index (χ3n) is 4.53. The first-order valence-corrected chi connectivity index (χ1v) is 10.6. The van der Waals surface area contributed by atoms with E-state index in [1.54, 1.807) is 24.3 Å². The number of carbonyl (C=O) groups is 5. The molecule has 0 saturated heterocycles. The van der Waals surface area contributed by atoms with Gasteiger partial charge >= 0.3 is 11.9 Å². The van der Waals surface area contributed by atoms with Crippen molar-refractivity contribution in [3.05, 3.63) is 35.9 Å². The first kappa shape index (κ1) is 27.9. The molecule has 8 N–H and O–H groups in total. The maximum absolute atomic E-state index is 12.6. The summed E-state index contributed by atoms with van der Waals surface area (Å²) in [6.07, 6.45) is -0.643.